The fraction of sp³-hybridized carbons (Fsp3) is 0.333. The number of methoxy groups -OCH3 is 1. The highest BCUT2D eigenvalue weighted by Crippen LogP contribution is 2.20. The number of hydrogen-bond donors (Lipinski definition) is 1. The Morgan fingerprint density at radius 1 is 1.45 bits per heavy atom. The number of carbonyl (C=O) groups excluding carboxylic acids is 1. The van der Waals surface area contributed by atoms with Crippen LogP contribution in [0, 0.1) is 0 Å². The van der Waals surface area contributed by atoms with E-state index in [0.717, 1.165) is 24.2 Å². The van der Waals surface area contributed by atoms with Crippen LogP contribution >= 0.6 is 0 Å². The summed E-state index contributed by atoms with van der Waals surface area (Å²) in [4.78, 5) is 16.2. The summed E-state index contributed by atoms with van der Waals surface area (Å²) in [6.07, 6.45) is 5.62. The lowest BCUT2D eigenvalue weighted by atomic mass is 10.1. The molecule has 2 rings (SSSR count). The van der Waals surface area contributed by atoms with E-state index in [4.69, 9.17) is 10.5 Å². The van der Waals surface area contributed by atoms with E-state index in [1.165, 1.54) is 7.11 Å². The Morgan fingerprint density at radius 2 is 2.25 bits per heavy atom. The van der Waals surface area contributed by atoms with Gasteiger partial charge in [0.15, 0.2) is 0 Å². The third-order valence-electron chi connectivity index (χ3n) is 3.19. The molecule has 0 saturated heterocycles. The van der Waals surface area contributed by atoms with Crippen molar-refractivity contribution >= 4 is 11.7 Å². The number of benzene rings is 1. The van der Waals surface area contributed by atoms with Gasteiger partial charge in [-0.15, -0.1) is 0 Å². The Hall–Kier alpha value is -2.30. The predicted octanol–water partition coefficient (Wildman–Crippen LogP) is 2.25. The molecule has 0 aliphatic rings. The Kier molecular flexibility index (Phi) is 4.40. The fourth-order valence-electron chi connectivity index (χ4n) is 2.22. The van der Waals surface area contributed by atoms with E-state index in [1.54, 1.807) is 12.3 Å². The first-order chi connectivity index (χ1) is 9.67. The summed E-state index contributed by atoms with van der Waals surface area (Å²) < 4.78 is 6.84. The van der Waals surface area contributed by atoms with Gasteiger partial charge in [0.1, 0.15) is 5.82 Å². The maximum absolute atomic E-state index is 11.9. The van der Waals surface area contributed by atoms with Crippen molar-refractivity contribution in [2.24, 2.45) is 0 Å². The summed E-state index contributed by atoms with van der Waals surface area (Å²) in [7, 11) is 1.36. The van der Waals surface area contributed by atoms with E-state index < -0.39 is 5.97 Å². The maximum atomic E-state index is 11.9. The van der Waals surface area contributed by atoms with Gasteiger partial charge in [0, 0.05) is 31.0 Å². The first-order valence-corrected chi connectivity index (χ1v) is 6.63. The highest BCUT2D eigenvalue weighted by atomic mass is 16.5. The minimum atomic E-state index is -0.407. The minimum absolute atomic E-state index is 0.407. The Labute approximate surface area is 118 Å². The largest absolute Gasteiger partial charge is 0.465 e. The highest BCUT2D eigenvalue weighted by Gasteiger charge is 2.16. The smallest absolute Gasteiger partial charge is 0.340 e. The van der Waals surface area contributed by atoms with Crippen LogP contribution in [0.15, 0.2) is 30.6 Å². The Bertz CT molecular complexity index is 605. The highest BCUT2D eigenvalue weighted by molar-refractivity contribution is 5.96. The van der Waals surface area contributed by atoms with Crippen LogP contribution in [-0.4, -0.2) is 22.6 Å². The third kappa shape index (κ3) is 2.82. The number of anilines is 1. The zero-order chi connectivity index (χ0) is 14.5. The molecule has 0 spiro atoms. The molecule has 0 unspecified atom stereocenters. The summed E-state index contributed by atoms with van der Waals surface area (Å²) in [6, 6.07) is 5.43. The Morgan fingerprint density at radius 3 is 2.95 bits per heavy atom. The number of nitrogens with two attached hydrogens (primary N) is 1. The van der Waals surface area contributed by atoms with Crippen molar-refractivity contribution in [1.82, 2.24) is 9.55 Å². The molecule has 5 heteroatoms. The molecule has 0 atom stereocenters. The van der Waals surface area contributed by atoms with Gasteiger partial charge in [0.05, 0.1) is 12.7 Å². The van der Waals surface area contributed by atoms with Crippen molar-refractivity contribution in [2.75, 3.05) is 12.8 Å². The molecule has 20 heavy (non-hydrogen) atoms. The van der Waals surface area contributed by atoms with Crippen LogP contribution in [-0.2, 0) is 17.7 Å². The molecule has 0 bridgehead atoms. The number of nitrogens with zero attached hydrogens (tertiary/aromatic N) is 2. The molecule has 0 aliphatic carbocycles. The lowest BCUT2D eigenvalue weighted by molar-refractivity contribution is 0.0600. The summed E-state index contributed by atoms with van der Waals surface area (Å²) in [5.41, 5.74) is 7.61. The van der Waals surface area contributed by atoms with Gasteiger partial charge in [-0.2, -0.15) is 0 Å². The van der Waals surface area contributed by atoms with Crippen LogP contribution in [0.2, 0.25) is 0 Å². The van der Waals surface area contributed by atoms with Gasteiger partial charge in [-0.25, -0.2) is 9.78 Å². The average Bonchev–Trinajstić information content (AvgIpc) is 2.86. The van der Waals surface area contributed by atoms with Crippen LogP contribution < -0.4 is 5.73 Å². The second-order valence-corrected chi connectivity index (χ2v) is 4.59. The monoisotopic (exact) mass is 273 g/mol. The first-order valence-electron chi connectivity index (χ1n) is 6.63. The second-order valence-electron chi connectivity index (χ2n) is 4.59. The van der Waals surface area contributed by atoms with Crippen molar-refractivity contribution in [3.05, 3.63) is 47.5 Å². The van der Waals surface area contributed by atoms with E-state index in [9.17, 15) is 4.79 Å². The number of esters is 1. The lowest BCUT2D eigenvalue weighted by Crippen LogP contribution is -2.13. The van der Waals surface area contributed by atoms with Gasteiger partial charge in [-0.05, 0) is 18.1 Å². The van der Waals surface area contributed by atoms with Crippen LogP contribution in [0.25, 0.3) is 0 Å². The first kappa shape index (κ1) is 14.1. The van der Waals surface area contributed by atoms with Gasteiger partial charge in [-0.1, -0.05) is 19.1 Å². The molecule has 0 amide bonds. The molecule has 0 aliphatic heterocycles. The Balaban J connectivity index is 2.36. The van der Waals surface area contributed by atoms with Crippen molar-refractivity contribution in [3.8, 4) is 0 Å². The van der Waals surface area contributed by atoms with Crippen molar-refractivity contribution < 1.29 is 9.53 Å². The van der Waals surface area contributed by atoms with Crippen molar-refractivity contribution in [1.29, 1.82) is 0 Å². The second kappa shape index (κ2) is 6.23. The topological polar surface area (TPSA) is 70.1 Å². The van der Waals surface area contributed by atoms with Crippen LogP contribution in [0.4, 0.5) is 5.69 Å². The minimum Gasteiger partial charge on any atom is -0.465 e. The molecule has 5 nitrogen and oxygen atoms in total. The van der Waals surface area contributed by atoms with Gasteiger partial charge in [0.2, 0.25) is 0 Å². The molecule has 1 aromatic heterocycles. The lowest BCUT2D eigenvalue weighted by Gasteiger charge is -2.12. The number of carbonyl (C=O) groups is 1. The maximum Gasteiger partial charge on any atom is 0.340 e. The summed E-state index contributed by atoms with van der Waals surface area (Å²) in [5, 5.41) is 0. The van der Waals surface area contributed by atoms with Crippen molar-refractivity contribution in [2.45, 2.75) is 26.3 Å². The van der Waals surface area contributed by atoms with Gasteiger partial charge in [-0.3, -0.25) is 0 Å². The van der Waals surface area contributed by atoms with E-state index in [1.807, 2.05) is 22.9 Å². The predicted molar refractivity (Wildman–Crippen MR) is 77.5 cm³/mol. The average molecular weight is 273 g/mol. The SMILES string of the molecule is CCCc1nccn1Cc1cccc(N)c1C(=O)OC. The molecular weight excluding hydrogens is 254 g/mol. The molecule has 0 fully saturated rings. The molecule has 0 saturated carbocycles. The number of hydrogen-bond acceptors (Lipinski definition) is 4. The van der Waals surface area contributed by atoms with Crippen LogP contribution in [0.3, 0.4) is 0 Å². The normalized spacial score (nSPS) is 10.5. The molecule has 1 heterocycles. The van der Waals surface area contributed by atoms with Crippen LogP contribution in [0.5, 0.6) is 0 Å². The summed E-state index contributed by atoms with van der Waals surface area (Å²) in [5.74, 6) is 0.598. The van der Waals surface area contributed by atoms with Gasteiger partial charge < -0.3 is 15.0 Å². The van der Waals surface area contributed by atoms with E-state index in [2.05, 4.69) is 11.9 Å². The standard InChI is InChI=1S/C15H19N3O2/c1-3-5-13-17-8-9-18(13)10-11-6-4-7-12(16)14(11)15(19)20-2/h4,6-9H,3,5,10,16H2,1-2H3. The molecule has 2 aromatic rings. The number of ether oxygens (including phenoxy) is 1. The van der Waals surface area contributed by atoms with Crippen molar-refractivity contribution in [3.63, 3.8) is 0 Å². The molecule has 106 valence electrons. The van der Waals surface area contributed by atoms with E-state index in [0.29, 0.717) is 17.8 Å². The summed E-state index contributed by atoms with van der Waals surface area (Å²) in [6.45, 7) is 2.67. The van der Waals surface area contributed by atoms with Crippen LogP contribution in [0.1, 0.15) is 35.1 Å². The molecule has 0 radical (unpaired) electrons. The number of imidazole rings is 1. The van der Waals surface area contributed by atoms with Gasteiger partial charge >= 0.3 is 5.97 Å². The third-order valence-corrected chi connectivity index (χ3v) is 3.19. The van der Waals surface area contributed by atoms with Gasteiger partial charge in [0.25, 0.3) is 0 Å². The zero-order valence-electron chi connectivity index (χ0n) is 11.8. The quantitative estimate of drug-likeness (QED) is 0.670. The number of aryl methyl sites for hydroxylation is 1. The fourth-order valence-corrected chi connectivity index (χ4v) is 2.22. The summed E-state index contributed by atoms with van der Waals surface area (Å²) >= 11 is 0. The number of aromatic nitrogens is 2. The number of rotatable bonds is 5. The van der Waals surface area contributed by atoms with E-state index in [-0.39, 0.29) is 0 Å². The van der Waals surface area contributed by atoms with E-state index >= 15 is 0 Å². The molecule has 2 N–H and O–H groups in total. The zero-order valence-corrected chi connectivity index (χ0v) is 11.8. The number of nitrogen functional groups attached to an aromatic ring is 1. The molecule has 1 aromatic carbocycles. The molecular formula is C15H19N3O2.